The molecule has 4 unspecified atom stereocenters. The molecule has 13 heteroatoms. The van der Waals surface area contributed by atoms with Crippen molar-refractivity contribution in [3.63, 3.8) is 0 Å². The van der Waals surface area contributed by atoms with Crippen LogP contribution in [0.1, 0.15) is 25.1 Å². The minimum atomic E-state index is -1.47. The van der Waals surface area contributed by atoms with Gasteiger partial charge >= 0.3 is 5.97 Å². The summed E-state index contributed by atoms with van der Waals surface area (Å²) in [5, 5.41) is 27.6. The molecule has 1 aromatic carbocycles. The summed E-state index contributed by atoms with van der Waals surface area (Å²) in [7, 11) is 0. The summed E-state index contributed by atoms with van der Waals surface area (Å²) in [6.45, 7) is 2.74. The van der Waals surface area contributed by atoms with Crippen molar-refractivity contribution in [1.29, 1.82) is 0 Å². The smallest absolute Gasteiger partial charge is 0.326 e. The zero-order valence-corrected chi connectivity index (χ0v) is 21.1. The Morgan fingerprint density at radius 2 is 1.61 bits per heavy atom. The number of hydrogen-bond acceptors (Lipinski definition) is 7. The van der Waals surface area contributed by atoms with E-state index in [0.29, 0.717) is 5.69 Å². The zero-order chi connectivity index (χ0) is 27.8. The van der Waals surface area contributed by atoms with Crippen molar-refractivity contribution in [3.05, 3.63) is 54.2 Å². The maximum Gasteiger partial charge on any atom is 0.326 e. The highest BCUT2D eigenvalue weighted by atomic mass is 16.4. The van der Waals surface area contributed by atoms with Crippen molar-refractivity contribution in [2.24, 2.45) is 11.7 Å². The molecule has 3 amide bonds. The summed E-state index contributed by atoms with van der Waals surface area (Å²) in [5.41, 5.74) is 8.04. The summed E-state index contributed by atoms with van der Waals surface area (Å²) < 4.78 is 0. The number of aliphatic hydroxyl groups excluding tert-OH is 1. The lowest BCUT2D eigenvalue weighted by molar-refractivity contribution is -0.142. The number of fused-ring (bicyclic) bond motifs is 1. The molecular formula is C25H33N7O6. The normalized spacial score (nSPS) is 14.4. The van der Waals surface area contributed by atoms with E-state index in [-0.39, 0.29) is 18.8 Å². The molecule has 9 N–H and O–H groups in total. The fourth-order valence-electron chi connectivity index (χ4n) is 3.86. The first-order chi connectivity index (χ1) is 18.1. The SMILES string of the molecule is CC(C)C(N)C(=O)NC(Cc1c[nH]c2ccccc12)C(=O)NC(CO)C(=O)NC(Cc1cnc[nH]1)C(=O)O. The molecule has 0 aliphatic rings. The molecule has 204 valence electrons. The van der Waals surface area contributed by atoms with Gasteiger partial charge in [-0.2, -0.15) is 0 Å². The number of aliphatic carboxylic acids is 1. The van der Waals surface area contributed by atoms with Crippen LogP contribution in [0.3, 0.4) is 0 Å². The van der Waals surface area contributed by atoms with Crippen LogP contribution in [0.15, 0.2) is 43.0 Å². The van der Waals surface area contributed by atoms with Crippen molar-refractivity contribution in [3.8, 4) is 0 Å². The number of amides is 3. The van der Waals surface area contributed by atoms with Gasteiger partial charge in [0.15, 0.2) is 0 Å². The van der Waals surface area contributed by atoms with Crippen LogP contribution in [0.4, 0.5) is 0 Å². The highest BCUT2D eigenvalue weighted by Gasteiger charge is 2.31. The predicted octanol–water partition coefficient (Wildman–Crippen LogP) is -0.809. The maximum atomic E-state index is 13.3. The van der Waals surface area contributed by atoms with Crippen molar-refractivity contribution >= 4 is 34.6 Å². The van der Waals surface area contributed by atoms with E-state index in [9.17, 15) is 29.4 Å². The number of imidazole rings is 1. The van der Waals surface area contributed by atoms with E-state index < -0.39 is 54.5 Å². The number of nitrogens with one attached hydrogen (secondary N) is 5. The van der Waals surface area contributed by atoms with E-state index in [1.54, 1.807) is 20.0 Å². The van der Waals surface area contributed by atoms with Gasteiger partial charge in [0.25, 0.3) is 0 Å². The molecule has 0 saturated heterocycles. The van der Waals surface area contributed by atoms with E-state index in [2.05, 4.69) is 30.9 Å². The van der Waals surface area contributed by atoms with Crippen LogP contribution >= 0.6 is 0 Å². The molecule has 0 saturated carbocycles. The Morgan fingerprint density at radius 3 is 2.24 bits per heavy atom. The maximum absolute atomic E-state index is 13.3. The van der Waals surface area contributed by atoms with Crippen molar-refractivity contribution in [2.45, 2.75) is 50.9 Å². The van der Waals surface area contributed by atoms with Crippen LogP contribution in [0, 0.1) is 5.92 Å². The summed E-state index contributed by atoms with van der Waals surface area (Å²) >= 11 is 0. The lowest BCUT2D eigenvalue weighted by Gasteiger charge is -2.25. The Hall–Kier alpha value is -4.23. The van der Waals surface area contributed by atoms with Crippen LogP contribution in [0.25, 0.3) is 10.9 Å². The highest BCUT2D eigenvalue weighted by Crippen LogP contribution is 2.19. The number of rotatable bonds is 13. The molecule has 4 atom stereocenters. The standard InChI is InChI=1S/C25H33N7O6/c1-13(2)21(26)24(36)30-18(7-14-9-28-17-6-4-3-5-16(14)17)22(34)32-20(11-33)23(35)31-19(25(37)38)8-15-10-27-12-29-15/h3-6,9-10,12-13,18-21,28,33H,7-8,11,26H2,1-2H3,(H,27,29)(H,30,36)(H,31,35)(H,32,34)(H,37,38). The van der Waals surface area contributed by atoms with Crippen LogP contribution in [0.5, 0.6) is 0 Å². The highest BCUT2D eigenvalue weighted by molar-refractivity contribution is 5.95. The average molecular weight is 528 g/mol. The van der Waals surface area contributed by atoms with Gasteiger partial charge in [-0.3, -0.25) is 14.4 Å². The van der Waals surface area contributed by atoms with E-state index in [1.165, 1.54) is 12.5 Å². The number of nitrogens with two attached hydrogens (primary N) is 1. The molecule has 0 fully saturated rings. The second-order valence-corrected chi connectivity index (χ2v) is 9.32. The van der Waals surface area contributed by atoms with E-state index in [0.717, 1.165) is 16.5 Å². The Morgan fingerprint density at radius 1 is 0.947 bits per heavy atom. The third-order valence-electron chi connectivity index (χ3n) is 6.16. The van der Waals surface area contributed by atoms with Crippen molar-refractivity contribution < 1.29 is 29.4 Å². The Bertz CT molecular complexity index is 1260. The van der Waals surface area contributed by atoms with Gasteiger partial charge in [0.2, 0.25) is 17.7 Å². The fourth-order valence-corrected chi connectivity index (χ4v) is 3.86. The van der Waals surface area contributed by atoms with Crippen LogP contribution < -0.4 is 21.7 Å². The molecule has 38 heavy (non-hydrogen) atoms. The molecule has 0 spiro atoms. The molecule has 3 aromatic rings. The molecule has 2 aromatic heterocycles. The van der Waals surface area contributed by atoms with Gasteiger partial charge in [0.1, 0.15) is 18.1 Å². The van der Waals surface area contributed by atoms with E-state index >= 15 is 0 Å². The fraction of sp³-hybridized carbons (Fsp3) is 0.400. The Balaban J connectivity index is 1.76. The Kier molecular flexibility index (Phi) is 9.57. The van der Waals surface area contributed by atoms with Gasteiger partial charge in [-0.1, -0.05) is 32.0 Å². The molecule has 13 nitrogen and oxygen atoms in total. The quantitative estimate of drug-likeness (QED) is 0.140. The Labute approximate surface area is 218 Å². The first-order valence-corrected chi connectivity index (χ1v) is 12.1. The van der Waals surface area contributed by atoms with Gasteiger partial charge in [-0.15, -0.1) is 0 Å². The number of hydrogen-bond donors (Lipinski definition) is 8. The average Bonchev–Trinajstić information content (AvgIpc) is 3.55. The number of H-pyrrole nitrogens is 2. The minimum absolute atomic E-state index is 0.0732. The lowest BCUT2D eigenvalue weighted by Crippen LogP contribution is -2.59. The first kappa shape index (κ1) is 28.3. The largest absolute Gasteiger partial charge is 0.480 e. The number of carbonyl (C=O) groups excluding carboxylic acids is 3. The second-order valence-electron chi connectivity index (χ2n) is 9.32. The van der Waals surface area contributed by atoms with E-state index in [4.69, 9.17) is 5.73 Å². The number of aliphatic hydroxyl groups is 1. The molecule has 0 aliphatic carbocycles. The number of nitrogens with zero attached hydrogens (tertiary/aromatic N) is 1. The van der Waals surface area contributed by atoms with Crippen molar-refractivity contribution in [2.75, 3.05) is 6.61 Å². The summed E-state index contributed by atoms with van der Waals surface area (Å²) in [4.78, 5) is 60.2. The number of aromatic amines is 2. The zero-order valence-electron chi connectivity index (χ0n) is 21.1. The number of carboxylic acid groups (broad SMARTS) is 1. The lowest BCUT2D eigenvalue weighted by atomic mass is 10.0. The van der Waals surface area contributed by atoms with Crippen LogP contribution in [-0.2, 0) is 32.0 Å². The van der Waals surface area contributed by atoms with Gasteiger partial charge in [0.05, 0.1) is 19.0 Å². The third kappa shape index (κ3) is 7.17. The summed E-state index contributed by atoms with van der Waals surface area (Å²) in [6, 6.07) is 2.64. The second kappa shape index (κ2) is 12.8. The first-order valence-electron chi connectivity index (χ1n) is 12.1. The number of carboxylic acids is 1. The summed E-state index contributed by atoms with van der Waals surface area (Å²) in [5.74, 6) is -3.68. The number of para-hydroxylation sites is 1. The molecule has 0 bridgehead atoms. The van der Waals surface area contributed by atoms with Crippen LogP contribution in [0.2, 0.25) is 0 Å². The number of benzene rings is 1. The van der Waals surface area contributed by atoms with Crippen LogP contribution in [-0.4, -0.2) is 79.6 Å². The molecule has 2 heterocycles. The van der Waals surface area contributed by atoms with Gasteiger partial charge in [-0.05, 0) is 17.5 Å². The molecule has 0 radical (unpaired) electrons. The number of aromatic nitrogens is 3. The molecule has 0 aliphatic heterocycles. The van der Waals surface area contributed by atoms with E-state index in [1.807, 2.05) is 24.3 Å². The summed E-state index contributed by atoms with van der Waals surface area (Å²) in [6.07, 6.45) is 4.51. The molecule has 3 rings (SSSR count). The van der Waals surface area contributed by atoms with Gasteiger partial charge < -0.3 is 41.9 Å². The number of carbonyl (C=O) groups is 4. The topological polar surface area (TPSA) is 215 Å². The van der Waals surface area contributed by atoms with Gasteiger partial charge in [0, 0.05) is 41.8 Å². The minimum Gasteiger partial charge on any atom is -0.480 e. The monoisotopic (exact) mass is 527 g/mol. The predicted molar refractivity (Wildman–Crippen MR) is 138 cm³/mol. The van der Waals surface area contributed by atoms with Crippen molar-refractivity contribution in [1.82, 2.24) is 30.9 Å². The third-order valence-corrected chi connectivity index (χ3v) is 6.16. The van der Waals surface area contributed by atoms with Gasteiger partial charge in [-0.25, -0.2) is 9.78 Å². The molecular weight excluding hydrogens is 494 g/mol.